The van der Waals surface area contributed by atoms with E-state index in [1.54, 1.807) is 0 Å². The van der Waals surface area contributed by atoms with E-state index in [2.05, 4.69) is 100 Å². The number of aryl methyl sites for hydroxylation is 4. The number of unbranched alkanes of at least 4 members (excludes halogenated alkanes) is 2. The van der Waals surface area contributed by atoms with E-state index in [9.17, 15) is 4.79 Å². The Morgan fingerprint density at radius 1 is 0.593 bits per heavy atom. The molecule has 6 aromatic carbocycles. The van der Waals surface area contributed by atoms with Crippen LogP contribution in [0.3, 0.4) is 0 Å². The van der Waals surface area contributed by atoms with Gasteiger partial charge in [0.2, 0.25) is 0 Å². The zero-order valence-corrected chi connectivity index (χ0v) is 34.3. The summed E-state index contributed by atoms with van der Waals surface area (Å²) in [4.78, 5) is 29.9. The van der Waals surface area contributed by atoms with Gasteiger partial charge in [-0.25, -0.2) is 0 Å². The summed E-state index contributed by atoms with van der Waals surface area (Å²) in [6.07, 6.45) is 7.81. The summed E-state index contributed by atoms with van der Waals surface area (Å²) in [5.41, 5.74) is 8.28. The zero-order chi connectivity index (χ0) is 37.5. The van der Waals surface area contributed by atoms with Gasteiger partial charge in [-0.1, -0.05) is 96.8 Å². The van der Waals surface area contributed by atoms with E-state index in [0.717, 1.165) is 81.3 Å². The number of nitrogens with zero attached hydrogens (tertiary/aromatic N) is 4. The van der Waals surface area contributed by atoms with Crippen LogP contribution in [0.25, 0.3) is 65.2 Å². The van der Waals surface area contributed by atoms with Crippen LogP contribution in [-0.4, -0.2) is 30.8 Å². The van der Waals surface area contributed by atoms with Crippen molar-refractivity contribution in [1.29, 1.82) is 0 Å². The zero-order valence-electron chi connectivity index (χ0n) is 31.9. The molecule has 6 nitrogen and oxygen atoms in total. The summed E-state index contributed by atoms with van der Waals surface area (Å²) >= 11 is 0. The predicted octanol–water partition coefficient (Wildman–Crippen LogP) is 11.8. The van der Waals surface area contributed by atoms with E-state index in [-0.39, 0.29) is 31.6 Å². The van der Waals surface area contributed by atoms with Crippen LogP contribution in [0.1, 0.15) is 76.2 Å². The third-order valence-corrected chi connectivity index (χ3v) is 9.41. The Balaban J connectivity index is 0.000000174. The number of hydrogen-bond acceptors (Lipinski definition) is 6. The Hall–Kier alpha value is -5.10. The van der Waals surface area contributed by atoms with Gasteiger partial charge < -0.3 is 5.11 Å². The van der Waals surface area contributed by atoms with Crippen molar-refractivity contribution in [1.82, 2.24) is 19.9 Å². The van der Waals surface area contributed by atoms with Crippen molar-refractivity contribution in [2.24, 2.45) is 0 Å². The summed E-state index contributed by atoms with van der Waals surface area (Å²) in [5.74, 6) is -0.0625. The molecule has 0 aliphatic carbocycles. The first-order chi connectivity index (χ1) is 25.7. The minimum Gasteiger partial charge on any atom is -0.512 e. The SMILES string of the molecule is CC(=O)C=C(C)O.CCCCc1nc2c3ccccc3c3ccc[c-]c3c2nc1C.CCCCc1nc2c3ccccc3c3ccc[c-]c3c2nc1C.[Ir]. The number of aromatic nitrogens is 4. The van der Waals surface area contributed by atoms with Gasteiger partial charge in [-0.2, -0.15) is 0 Å². The number of hydrogen-bond donors (Lipinski definition) is 1. The Kier molecular flexibility index (Phi) is 13.6. The molecule has 0 fully saturated rings. The number of fused-ring (bicyclic) bond motifs is 12. The van der Waals surface area contributed by atoms with Gasteiger partial charge in [0.15, 0.2) is 5.78 Å². The van der Waals surface area contributed by atoms with Crippen molar-refractivity contribution in [3.8, 4) is 0 Å². The molecule has 0 unspecified atom stereocenters. The summed E-state index contributed by atoms with van der Waals surface area (Å²) in [7, 11) is 0. The van der Waals surface area contributed by atoms with Gasteiger partial charge in [-0.3, -0.25) is 24.7 Å². The van der Waals surface area contributed by atoms with E-state index in [1.165, 1.54) is 65.1 Å². The molecule has 54 heavy (non-hydrogen) atoms. The van der Waals surface area contributed by atoms with Gasteiger partial charge in [0.25, 0.3) is 0 Å². The first-order valence-electron chi connectivity index (χ1n) is 18.6. The molecule has 0 saturated heterocycles. The number of carbonyl (C=O) groups excluding carboxylic acids is 1. The van der Waals surface area contributed by atoms with Crippen LogP contribution in [0.2, 0.25) is 0 Å². The predicted molar refractivity (Wildman–Crippen MR) is 221 cm³/mol. The topological polar surface area (TPSA) is 88.9 Å². The molecule has 1 N–H and O–H groups in total. The van der Waals surface area contributed by atoms with Gasteiger partial charge in [0.1, 0.15) is 0 Å². The average Bonchev–Trinajstić information content (AvgIpc) is 3.17. The molecule has 2 aromatic heterocycles. The normalized spacial score (nSPS) is 11.3. The van der Waals surface area contributed by atoms with Gasteiger partial charge in [0.05, 0.1) is 28.2 Å². The molecule has 7 heteroatoms. The maximum Gasteiger partial charge on any atom is 0.155 e. The fraction of sp³-hybridized carbons (Fsp3) is 0.255. The van der Waals surface area contributed by atoms with E-state index in [0.29, 0.717) is 0 Å². The van der Waals surface area contributed by atoms with E-state index in [4.69, 9.17) is 25.0 Å². The number of aliphatic hydroxyl groups excluding tert-OH is 1. The van der Waals surface area contributed by atoms with Crippen LogP contribution in [0, 0.1) is 26.0 Å². The van der Waals surface area contributed by atoms with Crippen LogP contribution in [0.4, 0.5) is 0 Å². The van der Waals surface area contributed by atoms with Crippen molar-refractivity contribution in [3.05, 3.63) is 132 Å². The fourth-order valence-electron chi connectivity index (χ4n) is 6.85. The van der Waals surface area contributed by atoms with Crippen LogP contribution >= 0.6 is 0 Å². The van der Waals surface area contributed by atoms with Gasteiger partial charge in [-0.05, 0) is 64.2 Å². The minimum absolute atomic E-state index is 0. The summed E-state index contributed by atoms with van der Waals surface area (Å²) in [5, 5.41) is 17.7. The van der Waals surface area contributed by atoms with Crippen molar-refractivity contribution in [3.63, 3.8) is 0 Å². The smallest absolute Gasteiger partial charge is 0.155 e. The van der Waals surface area contributed by atoms with Crippen LogP contribution in [0.15, 0.2) is 96.8 Å². The third-order valence-electron chi connectivity index (χ3n) is 9.41. The number of carbonyl (C=O) groups is 1. The molecule has 8 rings (SSSR count). The first-order valence-corrected chi connectivity index (χ1v) is 18.6. The van der Waals surface area contributed by atoms with Crippen LogP contribution in [0.5, 0.6) is 0 Å². The van der Waals surface area contributed by atoms with E-state index < -0.39 is 0 Å². The molecule has 2 heterocycles. The Morgan fingerprint density at radius 2 is 0.981 bits per heavy atom. The maximum atomic E-state index is 10.0. The van der Waals surface area contributed by atoms with Gasteiger partial charge >= 0.3 is 0 Å². The second-order valence-corrected chi connectivity index (χ2v) is 13.5. The Bertz CT molecular complexity index is 2460. The van der Waals surface area contributed by atoms with E-state index in [1.807, 2.05) is 24.3 Å². The van der Waals surface area contributed by atoms with Crippen LogP contribution in [-0.2, 0) is 37.7 Å². The van der Waals surface area contributed by atoms with Crippen molar-refractivity contribution < 1.29 is 30.0 Å². The number of allylic oxidation sites excluding steroid dienone is 2. The van der Waals surface area contributed by atoms with Crippen LogP contribution < -0.4 is 0 Å². The fourth-order valence-corrected chi connectivity index (χ4v) is 6.85. The minimum atomic E-state index is -0.125. The third kappa shape index (κ3) is 8.65. The molecule has 0 aliphatic rings. The molecule has 0 amide bonds. The standard InChI is InChI=1S/2C21H19N2.C5H8O2.Ir/c2*1-3-4-13-19-14(2)22-20-17-11-7-5-9-15(17)16-10-6-8-12-18(16)21(20)23-19;1-4(6)3-5(2)7;/h2*5-10,12H,3-4,13H2,1-2H3;3,6H,1-2H3;/q2*-1;;. The molecular formula is C47H46IrN4O2-2. The van der Waals surface area contributed by atoms with Gasteiger partial charge in [-0.15, -0.1) is 59.3 Å². The maximum absolute atomic E-state index is 10.0. The number of rotatable bonds is 7. The van der Waals surface area contributed by atoms with E-state index >= 15 is 0 Å². The van der Waals surface area contributed by atoms with Crippen molar-refractivity contribution in [2.45, 2.75) is 80.1 Å². The molecule has 0 spiro atoms. The first kappa shape index (κ1) is 40.1. The molecular weight excluding hydrogens is 845 g/mol. The summed E-state index contributed by atoms with van der Waals surface area (Å²) in [6, 6.07) is 36.0. The number of aliphatic hydroxyl groups is 1. The Morgan fingerprint density at radius 3 is 1.33 bits per heavy atom. The second kappa shape index (κ2) is 18.3. The van der Waals surface area contributed by atoms with Crippen molar-refractivity contribution >= 4 is 70.9 Å². The van der Waals surface area contributed by atoms with Gasteiger partial charge in [0, 0.05) is 48.6 Å². The Labute approximate surface area is 331 Å². The molecule has 1 radical (unpaired) electrons. The monoisotopic (exact) mass is 891 g/mol. The number of ketones is 1. The molecule has 0 saturated carbocycles. The van der Waals surface area contributed by atoms with Crippen molar-refractivity contribution in [2.75, 3.05) is 0 Å². The molecule has 0 aliphatic heterocycles. The largest absolute Gasteiger partial charge is 0.512 e. The molecule has 8 aromatic rings. The quantitative estimate of drug-likeness (QED) is 0.0742. The molecule has 0 atom stereocenters. The second-order valence-electron chi connectivity index (χ2n) is 13.5. The summed E-state index contributed by atoms with van der Waals surface area (Å²) in [6.45, 7) is 11.4. The molecule has 0 bridgehead atoms. The molecule has 277 valence electrons. The summed E-state index contributed by atoms with van der Waals surface area (Å²) < 4.78 is 0. The average molecular weight is 891 g/mol. The number of benzene rings is 6.